The fourth-order valence-corrected chi connectivity index (χ4v) is 5.29. The molecule has 0 aliphatic heterocycles. The van der Waals surface area contributed by atoms with Crippen molar-refractivity contribution in [2.45, 2.75) is 22.1 Å². The van der Waals surface area contributed by atoms with Gasteiger partial charge < -0.3 is 0 Å². The van der Waals surface area contributed by atoms with E-state index in [1.807, 2.05) is 0 Å². The van der Waals surface area contributed by atoms with E-state index in [9.17, 15) is 26.3 Å². The molecule has 30 heavy (non-hydrogen) atoms. The zero-order valence-electron chi connectivity index (χ0n) is 14.8. The van der Waals surface area contributed by atoms with E-state index >= 15 is 0 Å². The fourth-order valence-electron chi connectivity index (χ4n) is 3.02. The first-order chi connectivity index (χ1) is 14.2. The summed E-state index contributed by atoms with van der Waals surface area (Å²) in [5.41, 5.74) is -1.23. The van der Waals surface area contributed by atoms with Gasteiger partial charge in [-0.15, -0.1) is 0 Å². The van der Waals surface area contributed by atoms with Gasteiger partial charge in [0.25, 0.3) is 0 Å². The second-order valence-corrected chi connectivity index (χ2v) is 8.40. The molecule has 0 unspecified atom stereocenters. The summed E-state index contributed by atoms with van der Waals surface area (Å²) in [6.45, 7) is 0. The van der Waals surface area contributed by atoms with E-state index in [2.05, 4.69) is 9.97 Å². The van der Waals surface area contributed by atoms with Gasteiger partial charge in [0.1, 0.15) is 0 Å². The van der Waals surface area contributed by atoms with Crippen molar-refractivity contribution in [3.05, 3.63) is 72.1 Å². The summed E-state index contributed by atoms with van der Waals surface area (Å²) in [4.78, 5) is 9.09. The maximum Gasteiger partial charge on any atom is 0.417 e. The van der Waals surface area contributed by atoms with Gasteiger partial charge in [-0.3, -0.25) is 9.97 Å². The zero-order valence-corrected chi connectivity index (χ0v) is 16.4. The molecule has 0 N–H and O–H groups in total. The maximum absolute atomic E-state index is 13.3. The lowest BCUT2D eigenvalue weighted by atomic mass is 10.1. The summed E-state index contributed by atoms with van der Waals surface area (Å²) in [5, 5.41) is -0.0722. The first kappa shape index (κ1) is 20.8. The molecule has 0 aliphatic rings. The van der Waals surface area contributed by atoms with Crippen LogP contribution < -0.4 is 0 Å². The molecule has 2 aromatic heterocycles. The van der Waals surface area contributed by atoms with Crippen molar-refractivity contribution in [1.29, 1.82) is 0 Å². The molecule has 0 aliphatic carbocycles. The van der Waals surface area contributed by atoms with Gasteiger partial charge in [0.15, 0.2) is 0 Å². The first-order valence-corrected chi connectivity index (χ1v) is 10.6. The molecule has 2 heterocycles. The van der Waals surface area contributed by atoms with Gasteiger partial charge in [-0.25, -0.2) is 0 Å². The highest BCUT2D eigenvalue weighted by Gasteiger charge is 2.34. The van der Waals surface area contributed by atoms with Crippen LogP contribution in [0.2, 0.25) is 0 Å². The number of fused-ring (bicyclic) bond motifs is 2. The Kier molecular flexibility index (Phi) is 5.31. The van der Waals surface area contributed by atoms with Crippen molar-refractivity contribution in [1.82, 2.24) is 9.97 Å². The highest BCUT2D eigenvalue weighted by molar-refractivity contribution is 8.76. The van der Waals surface area contributed by atoms with Crippen LogP contribution in [0.3, 0.4) is 0 Å². The van der Waals surface area contributed by atoms with Crippen molar-refractivity contribution >= 4 is 43.4 Å². The molecular formula is C20H10F6N2S2. The van der Waals surface area contributed by atoms with Crippen molar-refractivity contribution in [2.75, 3.05) is 0 Å². The topological polar surface area (TPSA) is 25.8 Å². The number of alkyl halides is 6. The van der Waals surface area contributed by atoms with E-state index in [0.717, 1.165) is 46.1 Å². The number of para-hydroxylation sites is 2. The van der Waals surface area contributed by atoms with Crippen LogP contribution in [0.5, 0.6) is 0 Å². The van der Waals surface area contributed by atoms with Crippen LogP contribution in [0.25, 0.3) is 21.8 Å². The van der Waals surface area contributed by atoms with E-state index in [0.29, 0.717) is 9.79 Å². The largest absolute Gasteiger partial charge is 0.417 e. The van der Waals surface area contributed by atoms with Crippen LogP contribution in [0.1, 0.15) is 11.1 Å². The second kappa shape index (κ2) is 7.66. The summed E-state index contributed by atoms with van der Waals surface area (Å²) in [5.74, 6) is 0. The van der Waals surface area contributed by atoms with Crippen LogP contribution in [0, 0.1) is 0 Å². The Morgan fingerprint density at radius 1 is 0.567 bits per heavy atom. The summed E-state index contributed by atoms with van der Waals surface area (Å²) in [7, 11) is 2.23. The first-order valence-electron chi connectivity index (χ1n) is 8.40. The second-order valence-electron chi connectivity index (χ2n) is 6.18. The molecule has 0 spiro atoms. The number of rotatable bonds is 3. The molecule has 4 rings (SSSR count). The highest BCUT2D eigenvalue weighted by atomic mass is 33.1. The third-order valence-corrected chi connectivity index (χ3v) is 6.73. The molecule has 0 saturated heterocycles. The van der Waals surface area contributed by atoms with E-state index in [1.165, 1.54) is 24.3 Å². The van der Waals surface area contributed by atoms with Gasteiger partial charge in [0.05, 0.1) is 22.2 Å². The standard InChI is InChI=1S/C20H10F6N2S2/c21-19(22,23)13-7-9-27-17-11(13)3-1-5-15(17)29-30-16-6-2-4-12-14(20(24,25)26)8-10-28-18(12)16/h1-10H. The minimum Gasteiger partial charge on any atom is -0.255 e. The van der Waals surface area contributed by atoms with E-state index in [1.54, 1.807) is 12.1 Å². The number of pyridine rings is 2. The minimum absolute atomic E-state index is 0.0361. The van der Waals surface area contributed by atoms with Gasteiger partial charge in [-0.1, -0.05) is 45.9 Å². The predicted molar refractivity (Wildman–Crippen MR) is 105 cm³/mol. The molecule has 0 amide bonds. The molecule has 2 nitrogen and oxygen atoms in total. The van der Waals surface area contributed by atoms with Gasteiger partial charge in [-0.05, 0) is 24.3 Å². The average molecular weight is 456 g/mol. The third kappa shape index (κ3) is 3.93. The molecule has 0 saturated carbocycles. The molecule has 2 aromatic carbocycles. The van der Waals surface area contributed by atoms with Crippen LogP contribution >= 0.6 is 21.6 Å². The molecular weight excluding hydrogens is 446 g/mol. The molecule has 154 valence electrons. The number of nitrogens with zero attached hydrogens (tertiary/aromatic N) is 2. The summed E-state index contributed by atoms with van der Waals surface area (Å²) >= 11 is 0. The lowest BCUT2D eigenvalue weighted by Gasteiger charge is -2.13. The Morgan fingerprint density at radius 2 is 0.967 bits per heavy atom. The number of aromatic nitrogens is 2. The van der Waals surface area contributed by atoms with E-state index < -0.39 is 23.5 Å². The number of benzene rings is 2. The quantitative estimate of drug-likeness (QED) is 0.234. The summed E-state index contributed by atoms with van der Waals surface area (Å²) in [6, 6.07) is 10.7. The summed E-state index contributed by atoms with van der Waals surface area (Å²) in [6.07, 6.45) is -6.86. The van der Waals surface area contributed by atoms with Crippen molar-refractivity contribution in [3.8, 4) is 0 Å². The molecule has 4 aromatic rings. The Hall–Kier alpha value is -2.46. The van der Waals surface area contributed by atoms with Gasteiger partial charge in [0.2, 0.25) is 0 Å². The maximum atomic E-state index is 13.3. The van der Waals surface area contributed by atoms with Crippen LogP contribution in [-0.2, 0) is 12.4 Å². The lowest BCUT2D eigenvalue weighted by Crippen LogP contribution is -2.06. The Labute approximate surface area is 174 Å². The lowest BCUT2D eigenvalue weighted by molar-refractivity contribution is -0.137. The minimum atomic E-state index is -4.52. The average Bonchev–Trinajstić information content (AvgIpc) is 2.69. The number of halogens is 6. The summed E-state index contributed by atoms with van der Waals surface area (Å²) < 4.78 is 79.6. The molecule has 0 bridgehead atoms. The predicted octanol–water partition coefficient (Wildman–Crippen LogP) is 7.62. The van der Waals surface area contributed by atoms with E-state index in [4.69, 9.17) is 0 Å². The molecule has 0 radical (unpaired) electrons. The van der Waals surface area contributed by atoms with Crippen molar-refractivity contribution < 1.29 is 26.3 Å². The van der Waals surface area contributed by atoms with Crippen LogP contribution in [-0.4, -0.2) is 9.97 Å². The van der Waals surface area contributed by atoms with Crippen molar-refractivity contribution in [2.24, 2.45) is 0 Å². The van der Waals surface area contributed by atoms with Crippen LogP contribution in [0.15, 0.2) is 70.7 Å². The molecule has 10 heteroatoms. The Morgan fingerprint density at radius 3 is 1.33 bits per heavy atom. The highest BCUT2D eigenvalue weighted by Crippen LogP contribution is 2.45. The number of hydrogen-bond acceptors (Lipinski definition) is 4. The van der Waals surface area contributed by atoms with Gasteiger partial charge in [0, 0.05) is 33.0 Å². The Bertz CT molecular complexity index is 1140. The SMILES string of the molecule is FC(F)(F)c1ccnc2c(SSc3cccc4c(C(F)(F)F)ccnc34)cccc12. The van der Waals surface area contributed by atoms with E-state index in [-0.39, 0.29) is 21.8 Å². The molecule has 0 atom stereocenters. The van der Waals surface area contributed by atoms with Crippen LogP contribution in [0.4, 0.5) is 26.3 Å². The van der Waals surface area contributed by atoms with Crippen molar-refractivity contribution in [3.63, 3.8) is 0 Å². The Balaban J connectivity index is 1.73. The van der Waals surface area contributed by atoms with Gasteiger partial charge in [-0.2, -0.15) is 26.3 Å². The monoisotopic (exact) mass is 456 g/mol. The molecule has 0 fully saturated rings. The third-order valence-electron chi connectivity index (χ3n) is 4.30. The van der Waals surface area contributed by atoms with Gasteiger partial charge >= 0.3 is 12.4 Å². The zero-order chi connectivity index (χ0) is 21.5. The number of hydrogen-bond donors (Lipinski definition) is 0. The smallest absolute Gasteiger partial charge is 0.255 e. The fraction of sp³-hybridized carbons (Fsp3) is 0.100. The normalized spacial score (nSPS) is 12.6.